The predicted octanol–water partition coefficient (Wildman–Crippen LogP) is 9.73. The summed E-state index contributed by atoms with van der Waals surface area (Å²) < 4.78 is 14.3. The number of hydrogen-bond donors (Lipinski definition) is 0. The van der Waals surface area contributed by atoms with E-state index in [4.69, 9.17) is 8.85 Å². The number of rotatable bonds is 10. The summed E-state index contributed by atoms with van der Waals surface area (Å²) in [5.74, 6) is 2.63. The fraction of sp³-hybridized carbons (Fsp3) is 0.935. The molecule has 2 nitrogen and oxygen atoms in total. The lowest BCUT2D eigenvalue weighted by Crippen LogP contribution is -2.53. The minimum Gasteiger partial charge on any atom is -0.414 e. The Morgan fingerprint density at radius 3 is 1.94 bits per heavy atom. The third-order valence-electron chi connectivity index (χ3n) is 12.6. The molecule has 0 aromatic rings. The minimum absolute atomic E-state index is 0.412. The molecule has 0 amide bonds. The van der Waals surface area contributed by atoms with Crippen LogP contribution in [0.2, 0.25) is 36.3 Å². The van der Waals surface area contributed by atoms with Crippen LogP contribution in [0, 0.1) is 28.6 Å². The molecule has 0 aromatic heterocycles. The first-order valence-electron chi connectivity index (χ1n) is 15.7. The highest BCUT2D eigenvalue weighted by Gasteiger charge is 2.59. The van der Waals surface area contributed by atoms with Gasteiger partial charge >= 0.3 is 0 Å². The van der Waals surface area contributed by atoms with Gasteiger partial charge in [-0.05, 0) is 116 Å². The molecule has 0 bridgehead atoms. The van der Waals surface area contributed by atoms with Crippen LogP contribution in [0.3, 0.4) is 0 Å². The predicted molar refractivity (Wildman–Crippen MR) is 156 cm³/mol. The summed E-state index contributed by atoms with van der Waals surface area (Å²) in [5.41, 5.74) is 2.62. The van der Waals surface area contributed by atoms with Gasteiger partial charge in [0.25, 0.3) is 0 Å². The van der Waals surface area contributed by atoms with Gasteiger partial charge in [-0.2, -0.15) is 0 Å². The molecule has 0 saturated heterocycles. The molecule has 35 heavy (non-hydrogen) atoms. The second-order valence-corrected chi connectivity index (χ2v) is 22.9. The van der Waals surface area contributed by atoms with Crippen molar-refractivity contribution < 1.29 is 8.85 Å². The van der Waals surface area contributed by atoms with E-state index in [2.05, 4.69) is 61.5 Å². The maximum atomic E-state index is 7.23. The van der Waals surface area contributed by atoms with Crippen LogP contribution in [0.5, 0.6) is 0 Å². The monoisotopic (exact) mass is 518 g/mol. The van der Waals surface area contributed by atoms with Crippen LogP contribution in [-0.2, 0) is 8.85 Å². The van der Waals surface area contributed by atoms with Crippen molar-refractivity contribution in [3.05, 3.63) is 11.6 Å². The van der Waals surface area contributed by atoms with E-state index < -0.39 is 16.6 Å². The third kappa shape index (κ3) is 4.74. The van der Waals surface area contributed by atoms with Crippen molar-refractivity contribution in [1.29, 1.82) is 0 Å². The fourth-order valence-corrected chi connectivity index (χ4v) is 15.4. The van der Waals surface area contributed by atoms with E-state index in [1.807, 2.05) is 0 Å². The van der Waals surface area contributed by atoms with Crippen LogP contribution >= 0.6 is 0 Å². The molecule has 0 aliphatic heterocycles. The van der Waals surface area contributed by atoms with Crippen LogP contribution in [0.25, 0.3) is 0 Å². The van der Waals surface area contributed by atoms with Gasteiger partial charge in [-0.25, -0.2) is 0 Å². The number of fused-ring (bicyclic) bond motifs is 5. The van der Waals surface area contributed by atoms with Gasteiger partial charge in [-0.15, -0.1) is 0 Å². The zero-order chi connectivity index (χ0) is 25.5. The molecular formula is C31H58O2Si2. The Hall–Kier alpha value is 0.0938. The molecule has 0 heterocycles. The van der Waals surface area contributed by atoms with Gasteiger partial charge in [0, 0.05) is 6.10 Å². The maximum absolute atomic E-state index is 7.23. The van der Waals surface area contributed by atoms with Gasteiger partial charge in [0.1, 0.15) is 0 Å². The zero-order valence-corrected chi connectivity index (χ0v) is 26.7. The Morgan fingerprint density at radius 1 is 0.743 bits per heavy atom. The molecule has 4 aliphatic rings. The summed E-state index contributed by atoms with van der Waals surface area (Å²) in [7, 11) is -3.07. The standard InChI is InChI=1S/C31H58O2Si2/c1-9-34(10-2,11-3)32-25-19-21-30(7)24(23-25)15-16-26-27-17-18-29(31(27,8)22-20-28(26)30)33-35(12-4,13-5)14-6/h15,25-29H,9-14,16-23H2,1-8H3/t25-,26-,27-,28-,29-,30-,31-/m0/s1. The SMILES string of the molecule is CC[Si](CC)(CC)O[C@H]1CC[C@@]2(C)C(=CC[C@H]3[C@@H]4CC[C@H](O[Si](CC)(CC)CC)[C@@]4(C)CC[C@@H]32)C1. The Morgan fingerprint density at radius 2 is 1.34 bits per heavy atom. The highest BCUT2D eigenvalue weighted by molar-refractivity contribution is 6.74. The van der Waals surface area contributed by atoms with Gasteiger partial charge < -0.3 is 8.85 Å². The highest BCUT2D eigenvalue weighted by Crippen LogP contribution is 2.65. The van der Waals surface area contributed by atoms with Crippen molar-refractivity contribution in [2.24, 2.45) is 28.6 Å². The zero-order valence-electron chi connectivity index (χ0n) is 24.7. The van der Waals surface area contributed by atoms with Crippen molar-refractivity contribution in [3.8, 4) is 0 Å². The average molecular weight is 519 g/mol. The quantitative estimate of drug-likeness (QED) is 0.212. The largest absolute Gasteiger partial charge is 0.414 e. The molecule has 0 N–H and O–H groups in total. The van der Waals surface area contributed by atoms with E-state index in [1.165, 1.54) is 87.6 Å². The summed E-state index contributed by atoms with van der Waals surface area (Å²) in [6.07, 6.45) is 14.5. The minimum atomic E-state index is -1.55. The molecule has 0 spiro atoms. The second-order valence-electron chi connectivity index (χ2n) is 13.5. The van der Waals surface area contributed by atoms with Gasteiger partial charge in [-0.3, -0.25) is 0 Å². The van der Waals surface area contributed by atoms with E-state index in [0.717, 1.165) is 17.8 Å². The first-order valence-corrected chi connectivity index (χ1v) is 20.8. The highest BCUT2D eigenvalue weighted by atomic mass is 28.4. The van der Waals surface area contributed by atoms with Crippen molar-refractivity contribution >= 4 is 16.6 Å². The van der Waals surface area contributed by atoms with E-state index in [-0.39, 0.29) is 0 Å². The Kier molecular flexibility index (Phi) is 8.59. The smallest absolute Gasteiger partial charge is 0.192 e. The Balaban J connectivity index is 1.50. The summed E-state index contributed by atoms with van der Waals surface area (Å²) in [4.78, 5) is 0. The second kappa shape index (κ2) is 10.7. The van der Waals surface area contributed by atoms with Crippen molar-refractivity contribution in [2.75, 3.05) is 0 Å². The van der Waals surface area contributed by atoms with Gasteiger partial charge in [0.2, 0.25) is 0 Å². The molecule has 4 rings (SSSR count). The number of allylic oxidation sites excluding steroid dienone is 1. The molecule has 0 aromatic carbocycles. The average Bonchev–Trinajstić information content (AvgIpc) is 3.21. The van der Waals surface area contributed by atoms with Crippen molar-refractivity contribution in [2.45, 2.75) is 155 Å². The lowest BCUT2D eigenvalue weighted by atomic mass is 9.48. The van der Waals surface area contributed by atoms with E-state index >= 15 is 0 Å². The van der Waals surface area contributed by atoms with Gasteiger partial charge in [0.05, 0.1) is 6.10 Å². The molecule has 3 fully saturated rings. The van der Waals surface area contributed by atoms with Gasteiger partial charge in [-0.1, -0.05) is 67.0 Å². The lowest BCUT2D eigenvalue weighted by molar-refractivity contribution is -0.0667. The van der Waals surface area contributed by atoms with E-state index in [0.29, 0.717) is 23.0 Å². The molecule has 4 aliphatic carbocycles. The Labute approximate surface area is 220 Å². The molecule has 202 valence electrons. The first kappa shape index (κ1) is 28.1. The summed E-state index contributed by atoms with van der Waals surface area (Å²) in [6, 6.07) is 7.69. The van der Waals surface area contributed by atoms with Crippen LogP contribution in [0.4, 0.5) is 0 Å². The van der Waals surface area contributed by atoms with E-state index in [1.54, 1.807) is 5.57 Å². The van der Waals surface area contributed by atoms with Crippen LogP contribution < -0.4 is 0 Å². The van der Waals surface area contributed by atoms with Crippen LogP contribution in [0.1, 0.15) is 107 Å². The maximum Gasteiger partial charge on any atom is 0.192 e. The van der Waals surface area contributed by atoms with Crippen molar-refractivity contribution in [3.63, 3.8) is 0 Å². The van der Waals surface area contributed by atoms with Crippen LogP contribution in [-0.4, -0.2) is 28.8 Å². The molecule has 7 atom stereocenters. The van der Waals surface area contributed by atoms with Crippen molar-refractivity contribution in [1.82, 2.24) is 0 Å². The molecular weight excluding hydrogens is 461 g/mol. The fourth-order valence-electron chi connectivity index (χ4n) is 9.53. The topological polar surface area (TPSA) is 18.5 Å². The number of hydrogen-bond acceptors (Lipinski definition) is 2. The normalized spacial score (nSPS) is 39.5. The molecule has 0 unspecified atom stereocenters. The summed E-state index contributed by atoms with van der Waals surface area (Å²) in [6.45, 7) is 19.6. The Bertz CT molecular complexity index is 741. The molecule has 4 heteroatoms. The lowest BCUT2D eigenvalue weighted by Gasteiger charge is -2.58. The van der Waals surface area contributed by atoms with E-state index in [9.17, 15) is 0 Å². The first-order chi connectivity index (χ1) is 16.7. The molecule has 3 saturated carbocycles. The summed E-state index contributed by atoms with van der Waals surface area (Å²) >= 11 is 0. The summed E-state index contributed by atoms with van der Waals surface area (Å²) in [5, 5.41) is 0. The van der Waals surface area contributed by atoms with Crippen LogP contribution in [0.15, 0.2) is 11.6 Å². The molecule has 0 radical (unpaired) electrons. The third-order valence-corrected chi connectivity index (χ3v) is 22.0. The van der Waals surface area contributed by atoms with Gasteiger partial charge in [0.15, 0.2) is 16.6 Å².